The minimum atomic E-state index is -0.286. The van der Waals surface area contributed by atoms with E-state index in [1.165, 1.54) is 5.01 Å². The van der Waals surface area contributed by atoms with Crippen LogP contribution < -0.4 is 33.2 Å². The minimum Gasteiger partial charge on any atom is -0.493 e. The highest BCUT2D eigenvalue weighted by molar-refractivity contribution is 6.03. The molecule has 0 N–H and O–H groups in total. The van der Waals surface area contributed by atoms with Crippen LogP contribution in [0, 0.1) is 0 Å². The average Bonchev–Trinajstić information content (AvgIpc) is 3.62. The first-order valence-electron chi connectivity index (χ1n) is 11.9. The predicted molar refractivity (Wildman–Crippen MR) is 138 cm³/mol. The first-order chi connectivity index (χ1) is 18.6. The van der Waals surface area contributed by atoms with Crippen molar-refractivity contribution in [3.63, 3.8) is 0 Å². The van der Waals surface area contributed by atoms with E-state index in [1.807, 2.05) is 48.5 Å². The van der Waals surface area contributed by atoms with Gasteiger partial charge in [0.05, 0.1) is 40.2 Å². The van der Waals surface area contributed by atoms with E-state index >= 15 is 0 Å². The van der Waals surface area contributed by atoms with Crippen LogP contribution in [0.1, 0.15) is 29.2 Å². The van der Waals surface area contributed by atoms with Gasteiger partial charge < -0.3 is 33.2 Å². The van der Waals surface area contributed by atoms with Gasteiger partial charge in [0, 0.05) is 12.0 Å². The van der Waals surface area contributed by atoms with Crippen molar-refractivity contribution in [2.75, 3.05) is 35.2 Å². The molecule has 10 nitrogen and oxygen atoms in total. The fraction of sp³-hybridized carbons (Fsp3) is 0.286. The van der Waals surface area contributed by atoms with Gasteiger partial charge in [0.1, 0.15) is 6.61 Å². The van der Waals surface area contributed by atoms with Crippen molar-refractivity contribution in [1.29, 1.82) is 0 Å². The summed E-state index contributed by atoms with van der Waals surface area (Å²) in [4.78, 5) is 11.9. The van der Waals surface area contributed by atoms with Crippen LogP contribution in [0.4, 0.5) is 0 Å². The molecule has 1 amide bonds. The Morgan fingerprint density at radius 3 is 2.29 bits per heavy atom. The monoisotopic (exact) mass is 520 g/mol. The Hall–Kier alpha value is -4.60. The summed E-state index contributed by atoms with van der Waals surface area (Å²) in [6.07, 6.45) is 1.26. The predicted octanol–water partition coefficient (Wildman–Crippen LogP) is 4.34. The van der Waals surface area contributed by atoms with Crippen LogP contribution in [0.5, 0.6) is 40.2 Å². The van der Waals surface area contributed by atoms with Crippen molar-refractivity contribution in [2.24, 2.45) is 5.10 Å². The van der Waals surface area contributed by atoms with Crippen LogP contribution in [-0.2, 0) is 11.4 Å². The molecule has 38 heavy (non-hydrogen) atoms. The van der Waals surface area contributed by atoms with Gasteiger partial charge in [-0.15, -0.1) is 0 Å². The normalized spacial score (nSPS) is 15.6. The van der Waals surface area contributed by atoms with Crippen molar-refractivity contribution in [3.8, 4) is 40.2 Å². The Kier molecular flexibility index (Phi) is 7.12. The maximum Gasteiger partial charge on any atom is 0.231 e. The lowest BCUT2D eigenvalue weighted by atomic mass is 9.98. The highest BCUT2D eigenvalue weighted by Gasteiger charge is 2.30. The summed E-state index contributed by atoms with van der Waals surface area (Å²) in [7, 11) is 6.27. The first kappa shape index (κ1) is 25.1. The van der Waals surface area contributed by atoms with Crippen molar-refractivity contribution < 1.29 is 38.0 Å². The number of hydrazone groups is 1. The quantitative estimate of drug-likeness (QED) is 0.365. The van der Waals surface area contributed by atoms with Crippen LogP contribution >= 0.6 is 0 Å². The van der Waals surface area contributed by atoms with Gasteiger partial charge in [-0.05, 0) is 53.6 Å². The fourth-order valence-corrected chi connectivity index (χ4v) is 4.54. The topological polar surface area (TPSA) is 97.3 Å². The number of carbonyl (C=O) groups is 1. The molecule has 0 saturated carbocycles. The molecule has 2 heterocycles. The molecular weight excluding hydrogens is 492 g/mol. The molecule has 3 aromatic rings. The van der Waals surface area contributed by atoms with Crippen molar-refractivity contribution in [3.05, 3.63) is 65.2 Å². The van der Waals surface area contributed by atoms with Crippen LogP contribution in [0.2, 0.25) is 0 Å². The zero-order chi connectivity index (χ0) is 26.6. The second-order valence-electron chi connectivity index (χ2n) is 8.55. The molecule has 2 aliphatic heterocycles. The molecule has 0 aliphatic carbocycles. The smallest absolute Gasteiger partial charge is 0.231 e. The number of rotatable bonds is 10. The van der Waals surface area contributed by atoms with Crippen LogP contribution in [-0.4, -0.2) is 52.4 Å². The third kappa shape index (κ3) is 4.72. The van der Waals surface area contributed by atoms with Gasteiger partial charge in [-0.25, -0.2) is 5.01 Å². The van der Waals surface area contributed by atoms with Gasteiger partial charge in [0.25, 0.3) is 0 Å². The Balaban J connectivity index is 1.34. The summed E-state index contributed by atoms with van der Waals surface area (Å²) < 4.78 is 38.8. The number of methoxy groups -OCH3 is 4. The van der Waals surface area contributed by atoms with E-state index in [0.29, 0.717) is 46.7 Å². The second-order valence-corrected chi connectivity index (χ2v) is 8.55. The highest BCUT2D eigenvalue weighted by atomic mass is 16.7. The molecule has 2 aliphatic rings. The lowest BCUT2D eigenvalue weighted by molar-refractivity contribution is -0.119. The summed E-state index contributed by atoms with van der Waals surface area (Å²) in [5, 5.41) is 5.96. The zero-order valence-corrected chi connectivity index (χ0v) is 21.6. The molecule has 0 spiro atoms. The summed E-state index contributed by atoms with van der Waals surface area (Å²) in [5.41, 5.74) is 3.35. The number of benzene rings is 3. The maximum atomic E-state index is 11.9. The van der Waals surface area contributed by atoms with Crippen molar-refractivity contribution in [1.82, 2.24) is 5.01 Å². The first-order valence-corrected chi connectivity index (χ1v) is 11.9. The Labute approximate surface area is 220 Å². The standard InChI is InChI=1S/C28H28N2O8/c1-32-24-12-19(6-8-22(24)36-14-17-9-26(33-2)28(35-4)27(10-17)34-3)21-13-20(29-30(21)15-31)18-5-7-23-25(11-18)38-16-37-23/h5-12,15,21H,13-14,16H2,1-4H3. The lowest BCUT2D eigenvalue weighted by Gasteiger charge is -2.19. The van der Waals surface area contributed by atoms with Crippen molar-refractivity contribution in [2.45, 2.75) is 19.1 Å². The number of fused-ring (bicyclic) bond motifs is 1. The van der Waals surface area contributed by atoms with Crippen molar-refractivity contribution >= 4 is 12.1 Å². The van der Waals surface area contributed by atoms with Gasteiger partial charge in [0.15, 0.2) is 34.5 Å². The van der Waals surface area contributed by atoms with Gasteiger partial charge in [-0.2, -0.15) is 5.10 Å². The molecule has 1 unspecified atom stereocenters. The van der Waals surface area contributed by atoms with Gasteiger partial charge >= 0.3 is 0 Å². The number of amides is 1. The lowest BCUT2D eigenvalue weighted by Crippen LogP contribution is -2.17. The van der Waals surface area contributed by atoms with Gasteiger partial charge in [-0.1, -0.05) is 6.07 Å². The maximum absolute atomic E-state index is 11.9. The molecule has 0 bridgehead atoms. The Morgan fingerprint density at radius 2 is 1.61 bits per heavy atom. The molecule has 3 aromatic carbocycles. The molecule has 198 valence electrons. The van der Waals surface area contributed by atoms with E-state index in [2.05, 4.69) is 5.10 Å². The largest absolute Gasteiger partial charge is 0.493 e. The minimum absolute atomic E-state index is 0.197. The van der Waals surface area contributed by atoms with E-state index < -0.39 is 0 Å². The Morgan fingerprint density at radius 1 is 0.868 bits per heavy atom. The number of nitrogens with zero attached hydrogens (tertiary/aromatic N) is 2. The highest BCUT2D eigenvalue weighted by Crippen LogP contribution is 2.41. The van der Waals surface area contributed by atoms with E-state index in [0.717, 1.165) is 28.8 Å². The molecule has 0 fully saturated rings. The van der Waals surface area contributed by atoms with E-state index in [1.54, 1.807) is 28.4 Å². The van der Waals surface area contributed by atoms with E-state index in [4.69, 9.17) is 33.2 Å². The molecule has 10 heteroatoms. The van der Waals surface area contributed by atoms with Crippen LogP contribution in [0.25, 0.3) is 0 Å². The third-order valence-electron chi connectivity index (χ3n) is 6.45. The number of ether oxygens (including phenoxy) is 7. The third-order valence-corrected chi connectivity index (χ3v) is 6.45. The molecular formula is C28H28N2O8. The molecule has 5 rings (SSSR count). The summed E-state index contributed by atoms with van der Waals surface area (Å²) in [6, 6.07) is 14.6. The molecule has 0 saturated heterocycles. The molecule has 0 aromatic heterocycles. The summed E-state index contributed by atoms with van der Waals surface area (Å²) in [6.45, 7) is 0.440. The number of hydrogen-bond donors (Lipinski definition) is 0. The number of hydrogen-bond acceptors (Lipinski definition) is 9. The van der Waals surface area contributed by atoms with E-state index in [-0.39, 0.29) is 19.4 Å². The Bertz CT molecular complexity index is 1350. The van der Waals surface area contributed by atoms with Gasteiger partial charge in [0.2, 0.25) is 19.0 Å². The molecule has 1 atom stereocenters. The van der Waals surface area contributed by atoms with Gasteiger partial charge in [-0.3, -0.25) is 4.79 Å². The van der Waals surface area contributed by atoms with Crippen LogP contribution in [0.15, 0.2) is 53.6 Å². The number of carbonyl (C=O) groups excluding carboxylic acids is 1. The van der Waals surface area contributed by atoms with Crippen LogP contribution in [0.3, 0.4) is 0 Å². The zero-order valence-electron chi connectivity index (χ0n) is 21.6. The average molecular weight is 521 g/mol. The fourth-order valence-electron chi connectivity index (χ4n) is 4.54. The summed E-state index contributed by atoms with van der Waals surface area (Å²) in [5.74, 6) is 4.06. The second kappa shape index (κ2) is 10.8. The van der Waals surface area contributed by atoms with E-state index in [9.17, 15) is 4.79 Å². The SMILES string of the molecule is COc1cc(C2CC(c3ccc4c(c3)OCO4)=NN2C=O)ccc1OCc1cc(OC)c(OC)c(OC)c1. The summed E-state index contributed by atoms with van der Waals surface area (Å²) >= 11 is 0. The molecule has 0 radical (unpaired) electrons.